The predicted molar refractivity (Wildman–Crippen MR) is 120 cm³/mol. The Morgan fingerprint density at radius 2 is 1.97 bits per heavy atom. The zero-order chi connectivity index (χ0) is 21.7. The number of likely N-dealkylation sites (N-methyl/N-ethyl adjacent to an activating group) is 1. The summed E-state index contributed by atoms with van der Waals surface area (Å²) < 4.78 is 16.7. The molecule has 0 spiro atoms. The van der Waals surface area contributed by atoms with Crippen molar-refractivity contribution >= 4 is 22.4 Å². The quantitative estimate of drug-likeness (QED) is 0.566. The molecule has 0 saturated carbocycles. The van der Waals surface area contributed by atoms with Gasteiger partial charge in [0.15, 0.2) is 0 Å². The van der Waals surface area contributed by atoms with Gasteiger partial charge in [0.25, 0.3) is 0 Å². The Bertz CT molecular complexity index is 1070. The van der Waals surface area contributed by atoms with Crippen molar-refractivity contribution in [2.45, 2.75) is 6.92 Å². The summed E-state index contributed by atoms with van der Waals surface area (Å²) in [5.74, 6) is 1.31. The van der Waals surface area contributed by atoms with Crippen LogP contribution in [0.3, 0.4) is 0 Å². The van der Waals surface area contributed by atoms with Crippen LogP contribution in [0, 0.1) is 0 Å². The molecule has 0 aliphatic carbocycles. The molecule has 1 amide bonds. The fraction of sp³-hybridized carbons (Fsp3) is 0.292. The lowest BCUT2D eigenvalue weighted by Gasteiger charge is -2.11. The van der Waals surface area contributed by atoms with Crippen LogP contribution in [-0.4, -0.2) is 52.2 Å². The van der Waals surface area contributed by atoms with Crippen molar-refractivity contribution in [2.75, 3.05) is 41.4 Å². The molecule has 30 heavy (non-hydrogen) atoms. The molecule has 6 heteroatoms. The van der Waals surface area contributed by atoms with E-state index >= 15 is 0 Å². The van der Waals surface area contributed by atoms with Crippen LogP contribution in [0.2, 0.25) is 0 Å². The Kier molecular flexibility index (Phi) is 6.79. The molecule has 3 rings (SSSR count). The van der Waals surface area contributed by atoms with Gasteiger partial charge in [-0.2, -0.15) is 0 Å². The summed E-state index contributed by atoms with van der Waals surface area (Å²) in [4.78, 5) is 14.3. The van der Waals surface area contributed by atoms with Crippen LogP contribution >= 0.6 is 0 Å². The molecule has 0 unspecified atom stereocenters. The van der Waals surface area contributed by atoms with Crippen molar-refractivity contribution in [2.24, 2.45) is 0 Å². The van der Waals surface area contributed by atoms with Crippen LogP contribution < -0.4 is 14.8 Å². The van der Waals surface area contributed by atoms with Gasteiger partial charge in [0.2, 0.25) is 5.91 Å². The van der Waals surface area contributed by atoms with E-state index in [1.54, 1.807) is 26.6 Å². The average Bonchev–Trinajstić information content (AvgIpc) is 3.15. The third-order valence-electron chi connectivity index (χ3n) is 4.91. The number of ether oxygens (including phenoxy) is 2. The summed E-state index contributed by atoms with van der Waals surface area (Å²) in [5, 5.41) is 3.85. The first-order valence-corrected chi connectivity index (χ1v) is 9.77. The highest BCUT2D eigenvalue weighted by Gasteiger charge is 2.15. The van der Waals surface area contributed by atoms with Gasteiger partial charge in [-0.3, -0.25) is 4.79 Å². The number of fused-ring (bicyclic) bond motifs is 1. The van der Waals surface area contributed by atoms with E-state index in [2.05, 4.69) is 5.32 Å². The third kappa shape index (κ3) is 4.83. The maximum atomic E-state index is 12.3. The number of carbonyl (C=O) groups is 1. The van der Waals surface area contributed by atoms with Crippen LogP contribution in [-0.2, 0) is 4.79 Å². The number of amides is 1. The molecular formula is C24H28N2O4. The van der Waals surface area contributed by atoms with Gasteiger partial charge in [0.05, 0.1) is 20.5 Å². The Hall–Kier alpha value is -3.25. The number of benzene rings is 2. The Morgan fingerprint density at radius 1 is 1.17 bits per heavy atom. The highest BCUT2D eigenvalue weighted by Crippen LogP contribution is 2.38. The highest BCUT2D eigenvalue weighted by molar-refractivity contribution is 6.00. The van der Waals surface area contributed by atoms with E-state index in [9.17, 15) is 4.79 Å². The molecule has 3 aromatic rings. The maximum absolute atomic E-state index is 12.3. The predicted octanol–water partition coefficient (Wildman–Crippen LogP) is 4.20. The monoisotopic (exact) mass is 408 g/mol. The van der Waals surface area contributed by atoms with Crippen molar-refractivity contribution in [1.82, 2.24) is 10.2 Å². The lowest BCUT2D eigenvalue weighted by atomic mass is 9.99. The van der Waals surface area contributed by atoms with Gasteiger partial charge in [-0.05, 0) is 50.4 Å². The third-order valence-corrected chi connectivity index (χ3v) is 4.91. The van der Waals surface area contributed by atoms with E-state index in [0.717, 1.165) is 45.5 Å². The zero-order valence-corrected chi connectivity index (χ0v) is 18.1. The van der Waals surface area contributed by atoms with Crippen LogP contribution in [0.15, 0.2) is 53.2 Å². The van der Waals surface area contributed by atoms with Gasteiger partial charge in [-0.1, -0.05) is 12.1 Å². The first-order valence-electron chi connectivity index (χ1n) is 9.77. The number of furan rings is 1. The second kappa shape index (κ2) is 9.50. The molecule has 1 heterocycles. The van der Waals surface area contributed by atoms with E-state index in [4.69, 9.17) is 13.9 Å². The minimum Gasteiger partial charge on any atom is -0.497 e. The topological polar surface area (TPSA) is 63.9 Å². The van der Waals surface area contributed by atoms with Crippen molar-refractivity contribution in [3.8, 4) is 22.6 Å². The molecule has 158 valence electrons. The summed E-state index contributed by atoms with van der Waals surface area (Å²) in [7, 11) is 7.20. The maximum Gasteiger partial charge on any atom is 0.244 e. The second-order valence-corrected chi connectivity index (χ2v) is 7.35. The standard InChI is InChI=1S/C24H28N2O4/c1-16(11-24(27)25-9-10-26(2)3)19-13-20-21(15-30-23(20)14-22(19)29-5)17-7-6-8-18(12-17)28-4/h6-8,11-15H,9-10H2,1-5H3,(H,25,27)/b16-11+. The Labute approximate surface area is 177 Å². The zero-order valence-electron chi connectivity index (χ0n) is 18.1. The summed E-state index contributed by atoms with van der Waals surface area (Å²) in [6.07, 6.45) is 3.33. The lowest BCUT2D eigenvalue weighted by molar-refractivity contribution is -0.116. The van der Waals surface area contributed by atoms with E-state index in [-0.39, 0.29) is 5.91 Å². The largest absolute Gasteiger partial charge is 0.497 e. The van der Waals surface area contributed by atoms with Gasteiger partial charge in [0, 0.05) is 41.7 Å². The summed E-state index contributed by atoms with van der Waals surface area (Å²) in [6.45, 7) is 3.28. The first-order chi connectivity index (χ1) is 14.4. The normalized spacial score (nSPS) is 11.7. The molecule has 0 saturated heterocycles. The highest BCUT2D eigenvalue weighted by atomic mass is 16.5. The summed E-state index contributed by atoms with van der Waals surface area (Å²) in [5.41, 5.74) is 4.33. The van der Waals surface area contributed by atoms with E-state index in [1.807, 2.05) is 62.3 Å². The Morgan fingerprint density at radius 3 is 2.67 bits per heavy atom. The van der Waals surface area contributed by atoms with Gasteiger partial charge < -0.3 is 24.1 Å². The number of allylic oxidation sites excluding steroid dienone is 1. The molecular weight excluding hydrogens is 380 g/mol. The van der Waals surface area contributed by atoms with Gasteiger partial charge in [-0.25, -0.2) is 0 Å². The molecule has 2 aromatic carbocycles. The van der Waals surface area contributed by atoms with E-state index in [0.29, 0.717) is 12.3 Å². The second-order valence-electron chi connectivity index (χ2n) is 7.35. The van der Waals surface area contributed by atoms with Crippen molar-refractivity contribution in [3.63, 3.8) is 0 Å². The first kappa shape index (κ1) is 21.5. The van der Waals surface area contributed by atoms with Gasteiger partial charge in [-0.15, -0.1) is 0 Å². The number of nitrogens with one attached hydrogen (secondary N) is 1. The van der Waals surface area contributed by atoms with Crippen LogP contribution in [0.5, 0.6) is 11.5 Å². The van der Waals surface area contributed by atoms with Crippen LogP contribution in [0.4, 0.5) is 0 Å². The number of carbonyl (C=O) groups excluding carboxylic acids is 1. The van der Waals surface area contributed by atoms with Gasteiger partial charge in [0.1, 0.15) is 17.1 Å². The number of hydrogen-bond acceptors (Lipinski definition) is 5. The van der Waals surface area contributed by atoms with Crippen molar-refractivity contribution in [3.05, 3.63) is 54.3 Å². The van der Waals surface area contributed by atoms with Crippen LogP contribution in [0.1, 0.15) is 12.5 Å². The van der Waals surface area contributed by atoms with Gasteiger partial charge >= 0.3 is 0 Å². The number of nitrogens with zero attached hydrogens (tertiary/aromatic N) is 1. The fourth-order valence-electron chi connectivity index (χ4n) is 3.27. The smallest absolute Gasteiger partial charge is 0.244 e. The molecule has 1 N–H and O–H groups in total. The minimum absolute atomic E-state index is 0.128. The molecule has 0 radical (unpaired) electrons. The van der Waals surface area contributed by atoms with Crippen molar-refractivity contribution in [1.29, 1.82) is 0 Å². The minimum atomic E-state index is -0.128. The Balaban J connectivity index is 1.97. The average molecular weight is 408 g/mol. The lowest BCUT2D eigenvalue weighted by Crippen LogP contribution is -2.30. The van der Waals surface area contributed by atoms with E-state index in [1.165, 1.54) is 0 Å². The van der Waals surface area contributed by atoms with E-state index < -0.39 is 0 Å². The molecule has 0 aliphatic heterocycles. The molecule has 0 aliphatic rings. The molecule has 0 bridgehead atoms. The fourth-order valence-corrected chi connectivity index (χ4v) is 3.27. The summed E-state index contributed by atoms with van der Waals surface area (Å²) >= 11 is 0. The molecule has 0 fully saturated rings. The number of hydrogen-bond donors (Lipinski definition) is 1. The molecule has 1 aromatic heterocycles. The molecule has 6 nitrogen and oxygen atoms in total. The molecule has 0 atom stereocenters. The van der Waals surface area contributed by atoms with Crippen LogP contribution in [0.25, 0.3) is 27.7 Å². The summed E-state index contributed by atoms with van der Waals surface area (Å²) in [6, 6.07) is 11.7. The SMILES string of the molecule is COc1cccc(-c2coc3cc(OC)c(/C(C)=C/C(=O)NCCN(C)C)cc23)c1. The van der Waals surface area contributed by atoms with Crippen molar-refractivity contribution < 1.29 is 18.7 Å². The number of rotatable bonds is 8. The number of methoxy groups -OCH3 is 2.